The number of ketones is 1. The fourth-order valence-electron chi connectivity index (χ4n) is 2.99. The van der Waals surface area contributed by atoms with Crippen molar-refractivity contribution in [1.29, 1.82) is 0 Å². The van der Waals surface area contributed by atoms with E-state index in [1.807, 2.05) is 0 Å². The van der Waals surface area contributed by atoms with Crippen molar-refractivity contribution in [3.05, 3.63) is 0 Å². The Morgan fingerprint density at radius 1 is 1.00 bits per heavy atom. The van der Waals surface area contributed by atoms with Crippen LogP contribution in [0.1, 0.15) is 57.8 Å². The minimum absolute atomic E-state index is 0.00464. The standard InChI is InChI=1S/C14H22O3/c15-13(8-9-14(16)17)12-7-6-11(12)5-4-10-2-1-3-10/h10-12H,1-9H2,(H,16,17)/t11?,12-/m1/s1. The van der Waals surface area contributed by atoms with Crippen LogP contribution in [0.15, 0.2) is 0 Å². The van der Waals surface area contributed by atoms with Gasteiger partial charge in [0.2, 0.25) is 0 Å². The van der Waals surface area contributed by atoms with E-state index in [4.69, 9.17) is 5.11 Å². The number of hydrogen-bond donors (Lipinski definition) is 1. The second-order valence-corrected chi connectivity index (χ2v) is 5.68. The highest BCUT2D eigenvalue weighted by atomic mass is 16.4. The molecule has 0 aromatic heterocycles. The molecule has 1 unspecified atom stereocenters. The van der Waals surface area contributed by atoms with E-state index in [2.05, 4.69) is 0 Å². The number of hydrogen-bond acceptors (Lipinski definition) is 2. The van der Waals surface area contributed by atoms with Crippen molar-refractivity contribution in [2.24, 2.45) is 17.8 Å². The highest BCUT2D eigenvalue weighted by molar-refractivity contribution is 5.85. The van der Waals surface area contributed by atoms with Crippen molar-refractivity contribution in [2.45, 2.75) is 57.8 Å². The minimum atomic E-state index is -0.858. The van der Waals surface area contributed by atoms with Gasteiger partial charge in [-0.25, -0.2) is 0 Å². The van der Waals surface area contributed by atoms with E-state index in [0.29, 0.717) is 5.92 Å². The number of carbonyl (C=O) groups is 2. The molecular weight excluding hydrogens is 216 g/mol. The van der Waals surface area contributed by atoms with Gasteiger partial charge in [-0.3, -0.25) is 9.59 Å². The normalized spacial score (nSPS) is 28.2. The first-order chi connectivity index (χ1) is 8.16. The molecule has 2 saturated carbocycles. The second-order valence-electron chi connectivity index (χ2n) is 5.68. The predicted molar refractivity (Wildman–Crippen MR) is 64.7 cm³/mol. The van der Waals surface area contributed by atoms with Gasteiger partial charge in [-0.05, 0) is 31.1 Å². The lowest BCUT2D eigenvalue weighted by Crippen LogP contribution is -2.33. The van der Waals surface area contributed by atoms with Gasteiger partial charge in [0, 0.05) is 12.3 Å². The molecule has 2 aliphatic rings. The Morgan fingerprint density at radius 2 is 1.76 bits per heavy atom. The molecule has 0 heterocycles. The van der Waals surface area contributed by atoms with Crippen molar-refractivity contribution in [1.82, 2.24) is 0 Å². The number of rotatable bonds is 7. The molecule has 0 amide bonds. The Bertz CT molecular complexity index is 294. The zero-order valence-corrected chi connectivity index (χ0v) is 10.4. The molecule has 0 spiro atoms. The van der Waals surface area contributed by atoms with Gasteiger partial charge in [0.05, 0.1) is 6.42 Å². The summed E-state index contributed by atoms with van der Waals surface area (Å²) in [6.45, 7) is 0. The highest BCUT2D eigenvalue weighted by Crippen LogP contribution is 2.41. The number of carbonyl (C=O) groups excluding carboxylic acids is 1. The van der Waals surface area contributed by atoms with Crippen molar-refractivity contribution in [3.8, 4) is 0 Å². The zero-order chi connectivity index (χ0) is 12.3. The number of carboxylic acid groups (broad SMARTS) is 1. The Hall–Kier alpha value is -0.860. The molecular formula is C14H22O3. The smallest absolute Gasteiger partial charge is 0.303 e. The summed E-state index contributed by atoms with van der Waals surface area (Å²) in [5.41, 5.74) is 0. The third-order valence-electron chi connectivity index (χ3n) is 4.59. The fraction of sp³-hybridized carbons (Fsp3) is 0.857. The lowest BCUT2D eigenvalue weighted by atomic mass is 9.67. The zero-order valence-electron chi connectivity index (χ0n) is 10.4. The summed E-state index contributed by atoms with van der Waals surface area (Å²) in [5, 5.41) is 8.56. The van der Waals surface area contributed by atoms with Gasteiger partial charge in [-0.15, -0.1) is 0 Å². The summed E-state index contributed by atoms with van der Waals surface area (Å²) >= 11 is 0. The first-order valence-corrected chi connectivity index (χ1v) is 6.91. The van der Waals surface area contributed by atoms with Crippen LogP contribution in [-0.2, 0) is 9.59 Å². The second kappa shape index (κ2) is 5.65. The molecule has 0 aliphatic heterocycles. The van der Waals surface area contributed by atoms with E-state index in [1.165, 1.54) is 38.5 Å². The van der Waals surface area contributed by atoms with Gasteiger partial charge in [0.15, 0.2) is 0 Å². The number of Topliss-reactive ketones (excluding diaryl/α,β-unsaturated/α-hetero) is 1. The van der Waals surface area contributed by atoms with Crippen LogP contribution in [0.2, 0.25) is 0 Å². The monoisotopic (exact) mass is 238 g/mol. The molecule has 0 bridgehead atoms. The van der Waals surface area contributed by atoms with Gasteiger partial charge < -0.3 is 5.11 Å². The summed E-state index contributed by atoms with van der Waals surface area (Å²) in [5.74, 6) is 1.01. The average molecular weight is 238 g/mol. The van der Waals surface area contributed by atoms with E-state index in [0.717, 1.165) is 12.3 Å². The van der Waals surface area contributed by atoms with Gasteiger partial charge >= 0.3 is 5.97 Å². The van der Waals surface area contributed by atoms with Crippen molar-refractivity contribution in [3.63, 3.8) is 0 Å². The molecule has 3 nitrogen and oxygen atoms in total. The topological polar surface area (TPSA) is 54.4 Å². The van der Waals surface area contributed by atoms with E-state index in [-0.39, 0.29) is 24.5 Å². The molecule has 0 saturated heterocycles. The first kappa shape index (κ1) is 12.6. The highest BCUT2D eigenvalue weighted by Gasteiger charge is 2.36. The lowest BCUT2D eigenvalue weighted by molar-refractivity contribution is -0.140. The van der Waals surface area contributed by atoms with Crippen molar-refractivity contribution in [2.75, 3.05) is 0 Å². The molecule has 3 heteroatoms. The maximum Gasteiger partial charge on any atom is 0.303 e. The number of carboxylic acids is 1. The first-order valence-electron chi connectivity index (χ1n) is 6.91. The Labute approximate surface area is 103 Å². The summed E-state index contributed by atoms with van der Waals surface area (Å²) in [6, 6.07) is 0. The lowest BCUT2D eigenvalue weighted by Gasteiger charge is -2.37. The van der Waals surface area contributed by atoms with Crippen LogP contribution < -0.4 is 0 Å². The molecule has 2 aliphatic carbocycles. The molecule has 2 rings (SSSR count). The number of aliphatic carboxylic acids is 1. The van der Waals surface area contributed by atoms with Gasteiger partial charge in [0.1, 0.15) is 5.78 Å². The summed E-state index contributed by atoms with van der Waals surface area (Å²) < 4.78 is 0. The van der Waals surface area contributed by atoms with E-state index >= 15 is 0 Å². The van der Waals surface area contributed by atoms with Gasteiger partial charge in [-0.1, -0.05) is 25.7 Å². The van der Waals surface area contributed by atoms with Crippen LogP contribution in [0, 0.1) is 17.8 Å². The molecule has 0 radical (unpaired) electrons. The predicted octanol–water partition coefficient (Wildman–Crippen LogP) is 3.03. The van der Waals surface area contributed by atoms with E-state index in [9.17, 15) is 9.59 Å². The quantitative estimate of drug-likeness (QED) is 0.741. The van der Waals surface area contributed by atoms with Crippen molar-refractivity contribution >= 4 is 11.8 Å². The Kier molecular flexibility index (Phi) is 4.19. The summed E-state index contributed by atoms with van der Waals surface area (Å²) in [4.78, 5) is 22.2. The van der Waals surface area contributed by atoms with Crippen molar-refractivity contribution < 1.29 is 14.7 Å². The molecule has 17 heavy (non-hydrogen) atoms. The Balaban J connectivity index is 1.66. The third kappa shape index (κ3) is 3.30. The summed E-state index contributed by atoms with van der Waals surface area (Å²) in [6.07, 6.45) is 9.03. The molecule has 96 valence electrons. The molecule has 0 aromatic rings. The summed E-state index contributed by atoms with van der Waals surface area (Å²) in [7, 11) is 0. The van der Waals surface area contributed by atoms with Crippen LogP contribution in [0.25, 0.3) is 0 Å². The fourth-order valence-corrected chi connectivity index (χ4v) is 2.99. The van der Waals surface area contributed by atoms with Crippen LogP contribution in [0.3, 0.4) is 0 Å². The van der Waals surface area contributed by atoms with Crippen LogP contribution in [0.4, 0.5) is 0 Å². The maximum absolute atomic E-state index is 11.8. The van der Waals surface area contributed by atoms with Crippen LogP contribution in [-0.4, -0.2) is 16.9 Å². The maximum atomic E-state index is 11.8. The molecule has 0 aromatic carbocycles. The largest absolute Gasteiger partial charge is 0.481 e. The molecule has 1 N–H and O–H groups in total. The van der Waals surface area contributed by atoms with Crippen LogP contribution >= 0.6 is 0 Å². The van der Waals surface area contributed by atoms with E-state index in [1.54, 1.807) is 0 Å². The average Bonchev–Trinajstić information content (AvgIpc) is 2.17. The molecule has 2 fully saturated rings. The minimum Gasteiger partial charge on any atom is -0.481 e. The Morgan fingerprint density at radius 3 is 2.24 bits per heavy atom. The molecule has 2 atom stereocenters. The van der Waals surface area contributed by atoms with Gasteiger partial charge in [-0.2, -0.15) is 0 Å². The van der Waals surface area contributed by atoms with Crippen LogP contribution in [0.5, 0.6) is 0 Å². The van der Waals surface area contributed by atoms with Gasteiger partial charge in [0.25, 0.3) is 0 Å². The van der Waals surface area contributed by atoms with E-state index < -0.39 is 5.97 Å². The SMILES string of the molecule is O=C(O)CCC(=O)[C@@H]1CCC1CCC1CCC1. The third-order valence-corrected chi connectivity index (χ3v) is 4.59.